The van der Waals surface area contributed by atoms with Gasteiger partial charge in [-0.25, -0.2) is 0 Å². The van der Waals surface area contributed by atoms with Gasteiger partial charge >= 0.3 is 0 Å². The fraction of sp³-hybridized carbons (Fsp3) is 0.609. The number of carbonyl (C=O) groups is 1. The van der Waals surface area contributed by atoms with E-state index in [1.165, 1.54) is 0 Å². The van der Waals surface area contributed by atoms with Gasteiger partial charge in [-0.1, -0.05) is 6.07 Å². The van der Waals surface area contributed by atoms with Gasteiger partial charge in [0.2, 0.25) is 0 Å². The maximum Gasteiger partial charge on any atom is 0.173 e. The number of piperazine rings is 1. The number of carbonyl (C=O) groups excluding carboxylic acids is 1. The van der Waals surface area contributed by atoms with Crippen molar-refractivity contribution in [2.75, 3.05) is 53.0 Å². The second-order valence-corrected chi connectivity index (χ2v) is 8.87. The Morgan fingerprint density at radius 3 is 2.63 bits per heavy atom. The number of nitrogens with zero attached hydrogens (tertiary/aromatic N) is 2. The molecule has 3 aliphatic heterocycles. The van der Waals surface area contributed by atoms with Crippen LogP contribution in [0.2, 0.25) is 0 Å². The summed E-state index contributed by atoms with van der Waals surface area (Å²) in [5.74, 6) is 1.23. The first-order valence-corrected chi connectivity index (χ1v) is 11.0. The SMILES string of the molecule is CN1CCN(CC2C(O)CCC3C(=O)C(c4ccc5c(c4)OCCO5)=COC32)CC1. The molecule has 1 aromatic carbocycles. The van der Waals surface area contributed by atoms with Gasteiger partial charge in [-0.05, 0) is 37.6 Å². The van der Waals surface area contributed by atoms with E-state index in [9.17, 15) is 9.90 Å². The van der Waals surface area contributed by atoms with Gasteiger partial charge in [-0.15, -0.1) is 0 Å². The summed E-state index contributed by atoms with van der Waals surface area (Å²) in [5, 5.41) is 10.7. The van der Waals surface area contributed by atoms with Gasteiger partial charge in [0.1, 0.15) is 19.3 Å². The van der Waals surface area contributed by atoms with Gasteiger partial charge < -0.3 is 29.1 Å². The molecular weight excluding hydrogens is 384 g/mol. The molecule has 4 atom stereocenters. The summed E-state index contributed by atoms with van der Waals surface area (Å²) >= 11 is 0. The van der Waals surface area contributed by atoms with E-state index in [0.717, 1.165) is 38.3 Å². The third kappa shape index (κ3) is 3.70. The van der Waals surface area contributed by atoms with Crippen LogP contribution in [0.15, 0.2) is 24.5 Å². The molecule has 0 amide bonds. The smallest absolute Gasteiger partial charge is 0.173 e. The first-order valence-electron chi connectivity index (χ1n) is 11.0. The molecule has 4 unspecified atom stereocenters. The summed E-state index contributed by atoms with van der Waals surface area (Å²) in [6, 6.07) is 5.60. The number of likely N-dealkylation sites (N-methyl/N-ethyl adjacent to an activating group) is 1. The largest absolute Gasteiger partial charge is 0.496 e. The Kier molecular flexibility index (Phi) is 5.43. The predicted octanol–water partition coefficient (Wildman–Crippen LogP) is 1.40. The Balaban J connectivity index is 1.35. The Morgan fingerprint density at radius 1 is 1.07 bits per heavy atom. The number of hydrogen-bond donors (Lipinski definition) is 1. The van der Waals surface area contributed by atoms with Crippen LogP contribution >= 0.6 is 0 Å². The number of ether oxygens (including phenoxy) is 3. The number of hydrogen-bond acceptors (Lipinski definition) is 7. The van der Waals surface area contributed by atoms with Crippen molar-refractivity contribution in [3.63, 3.8) is 0 Å². The monoisotopic (exact) mass is 414 g/mol. The Bertz CT molecular complexity index is 833. The van der Waals surface area contributed by atoms with E-state index in [-0.39, 0.29) is 23.7 Å². The lowest BCUT2D eigenvalue weighted by Crippen LogP contribution is -2.54. The molecular formula is C23H30N2O5. The van der Waals surface area contributed by atoms with Gasteiger partial charge in [0, 0.05) is 38.6 Å². The maximum atomic E-state index is 13.4. The zero-order valence-electron chi connectivity index (χ0n) is 17.5. The molecule has 0 spiro atoms. The van der Waals surface area contributed by atoms with Gasteiger partial charge in [-0.2, -0.15) is 0 Å². The van der Waals surface area contributed by atoms with Crippen molar-refractivity contribution in [3.05, 3.63) is 30.0 Å². The Morgan fingerprint density at radius 2 is 1.83 bits per heavy atom. The summed E-state index contributed by atoms with van der Waals surface area (Å²) in [6.07, 6.45) is 2.21. The summed E-state index contributed by atoms with van der Waals surface area (Å²) < 4.78 is 17.4. The average Bonchev–Trinajstić information content (AvgIpc) is 2.77. The predicted molar refractivity (Wildman–Crippen MR) is 111 cm³/mol. The standard InChI is InChI=1S/C23H30N2O5/c1-24-6-8-25(9-7-24)13-17-19(26)4-3-16-22(27)18(14-30-23(16)17)15-2-5-20-21(12-15)29-11-10-28-20/h2,5,12,14,16-17,19,23,26H,3-4,6-11,13H2,1H3. The van der Waals surface area contributed by atoms with Crippen LogP contribution in [0.25, 0.3) is 5.57 Å². The molecule has 4 aliphatic rings. The zero-order chi connectivity index (χ0) is 20.7. The zero-order valence-corrected chi connectivity index (χ0v) is 17.5. The van der Waals surface area contributed by atoms with E-state index in [4.69, 9.17) is 14.2 Å². The third-order valence-corrected chi connectivity index (χ3v) is 6.95. The van der Waals surface area contributed by atoms with E-state index < -0.39 is 6.10 Å². The van der Waals surface area contributed by atoms with Crippen molar-refractivity contribution in [2.45, 2.75) is 25.0 Å². The molecule has 1 aromatic rings. The van der Waals surface area contributed by atoms with Crippen LogP contribution in [0, 0.1) is 11.8 Å². The van der Waals surface area contributed by atoms with E-state index in [1.807, 2.05) is 18.2 Å². The minimum atomic E-state index is -0.428. The number of benzene rings is 1. The quantitative estimate of drug-likeness (QED) is 0.802. The van der Waals surface area contributed by atoms with Crippen molar-refractivity contribution in [1.29, 1.82) is 0 Å². The summed E-state index contributed by atoms with van der Waals surface area (Å²) in [5.41, 5.74) is 1.38. The first kappa shape index (κ1) is 19.8. The average molecular weight is 415 g/mol. The van der Waals surface area contributed by atoms with Crippen LogP contribution in [0.3, 0.4) is 0 Å². The fourth-order valence-corrected chi connectivity index (χ4v) is 5.10. The van der Waals surface area contributed by atoms with Crippen LogP contribution < -0.4 is 9.47 Å². The molecule has 1 saturated heterocycles. The Hall–Kier alpha value is -2.09. The molecule has 7 heteroatoms. The van der Waals surface area contributed by atoms with Crippen LogP contribution in [-0.4, -0.2) is 85.9 Å². The highest BCUT2D eigenvalue weighted by Gasteiger charge is 2.46. The van der Waals surface area contributed by atoms with Crippen molar-refractivity contribution >= 4 is 11.4 Å². The minimum Gasteiger partial charge on any atom is -0.496 e. The number of ketones is 1. The fourth-order valence-electron chi connectivity index (χ4n) is 5.10. The minimum absolute atomic E-state index is 0.0471. The van der Waals surface area contributed by atoms with Gasteiger partial charge in [0.25, 0.3) is 0 Å². The molecule has 30 heavy (non-hydrogen) atoms. The lowest BCUT2D eigenvalue weighted by molar-refractivity contribution is -0.133. The first-order chi connectivity index (χ1) is 14.6. The summed E-state index contributed by atoms with van der Waals surface area (Å²) in [4.78, 5) is 18.1. The van der Waals surface area contributed by atoms with Crippen LogP contribution in [0.1, 0.15) is 18.4 Å². The molecule has 1 aliphatic carbocycles. The number of rotatable bonds is 3. The molecule has 162 valence electrons. The summed E-state index contributed by atoms with van der Waals surface area (Å²) in [7, 11) is 2.13. The van der Waals surface area contributed by atoms with Crippen molar-refractivity contribution in [2.24, 2.45) is 11.8 Å². The number of allylic oxidation sites excluding steroid dienone is 1. The molecule has 5 rings (SSSR count). The van der Waals surface area contributed by atoms with Crippen LogP contribution in [-0.2, 0) is 9.53 Å². The highest BCUT2D eigenvalue weighted by atomic mass is 16.6. The summed E-state index contributed by atoms with van der Waals surface area (Å²) in [6.45, 7) is 5.87. The van der Waals surface area contributed by atoms with Gasteiger partial charge in [0.05, 0.1) is 23.9 Å². The van der Waals surface area contributed by atoms with E-state index >= 15 is 0 Å². The van der Waals surface area contributed by atoms with Crippen LogP contribution in [0.5, 0.6) is 11.5 Å². The van der Waals surface area contributed by atoms with Crippen LogP contribution in [0.4, 0.5) is 0 Å². The molecule has 0 radical (unpaired) electrons. The number of aliphatic hydroxyl groups is 1. The van der Waals surface area contributed by atoms with E-state index in [1.54, 1.807) is 6.26 Å². The second-order valence-electron chi connectivity index (χ2n) is 8.87. The molecule has 0 bridgehead atoms. The van der Waals surface area contributed by atoms with E-state index in [0.29, 0.717) is 43.1 Å². The number of Topliss-reactive ketones (excluding diaryl/α,β-unsaturated/α-hetero) is 1. The van der Waals surface area contributed by atoms with Crippen molar-refractivity contribution in [1.82, 2.24) is 9.80 Å². The third-order valence-electron chi connectivity index (χ3n) is 6.95. The highest BCUT2D eigenvalue weighted by Crippen LogP contribution is 2.41. The normalized spacial score (nSPS) is 32.2. The van der Waals surface area contributed by atoms with Gasteiger partial charge in [0.15, 0.2) is 17.3 Å². The number of aliphatic hydroxyl groups excluding tert-OH is 1. The molecule has 2 fully saturated rings. The molecule has 0 aromatic heterocycles. The lowest BCUT2D eigenvalue weighted by Gasteiger charge is -2.44. The van der Waals surface area contributed by atoms with Crippen molar-refractivity contribution < 1.29 is 24.1 Å². The number of fused-ring (bicyclic) bond motifs is 2. The maximum absolute atomic E-state index is 13.4. The lowest BCUT2D eigenvalue weighted by atomic mass is 9.72. The molecule has 1 saturated carbocycles. The van der Waals surface area contributed by atoms with Gasteiger partial charge in [-0.3, -0.25) is 4.79 Å². The van der Waals surface area contributed by atoms with Crippen molar-refractivity contribution in [3.8, 4) is 11.5 Å². The Labute approximate surface area is 177 Å². The second kappa shape index (κ2) is 8.21. The molecule has 7 nitrogen and oxygen atoms in total. The molecule has 3 heterocycles. The highest BCUT2D eigenvalue weighted by molar-refractivity contribution is 6.22. The topological polar surface area (TPSA) is 71.5 Å². The van der Waals surface area contributed by atoms with E-state index in [2.05, 4.69) is 16.8 Å². The molecule has 1 N–H and O–H groups in total.